The van der Waals surface area contributed by atoms with Crippen molar-refractivity contribution in [1.29, 1.82) is 0 Å². The van der Waals surface area contributed by atoms with Gasteiger partial charge in [0.2, 0.25) is 0 Å². The van der Waals surface area contributed by atoms with Gasteiger partial charge in [0.05, 0.1) is 0 Å². The van der Waals surface area contributed by atoms with Crippen molar-refractivity contribution in [3.8, 4) is 0 Å². The average molecular weight is 369 g/mol. The Morgan fingerprint density at radius 2 is 1.08 bits per heavy atom. The molecule has 0 radical (unpaired) electrons. The smallest absolute Gasteiger partial charge is 0.302 e. The molecule has 150 valence electrons. The standard InChI is InChI=1S/C20H36N2O4/c1-17(23)25-15-19(3,4)13-21-11-9-7-8-10-12-22-14-20(5,6)16-26-18(2)24/h13-14H,7-12,15-16H2,1-6H3. The summed E-state index contributed by atoms with van der Waals surface area (Å²) in [5.74, 6) is -0.521. The molecule has 6 heteroatoms. The van der Waals surface area contributed by atoms with Gasteiger partial charge in [0, 0.05) is 50.2 Å². The highest BCUT2D eigenvalue weighted by molar-refractivity contribution is 5.69. The monoisotopic (exact) mass is 368 g/mol. The molecule has 0 aliphatic rings. The van der Waals surface area contributed by atoms with Gasteiger partial charge in [-0.25, -0.2) is 0 Å². The molecule has 0 aliphatic heterocycles. The van der Waals surface area contributed by atoms with Crippen LogP contribution in [0.4, 0.5) is 0 Å². The zero-order valence-corrected chi connectivity index (χ0v) is 17.3. The van der Waals surface area contributed by atoms with E-state index in [0.717, 1.165) is 38.8 Å². The molecule has 6 nitrogen and oxygen atoms in total. The summed E-state index contributed by atoms with van der Waals surface area (Å²) < 4.78 is 10.0. The van der Waals surface area contributed by atoms with Crippen molar-refractivity contribution in [2.45, 2.75) is 67.2 Å². The number of nitrogens with zero attached hydrogens (tertiary/aromatic N) is 2. The first-order chi connectivity index (χ1) is 12.0. The Kier molecular flexibility index (Phi) is 11.8. The van der Waals surface area contributed by atoms with Crippen molar-refractivity contribution >= 4 is 24.4 Å². The summed E-state index contributed by atoms with van der Waals surface area (Å²) in [5, 5.41) is 0. The van der Waals surface area contributed by atoms with E-state index in [-0.39, 0.29) is 22.8 Å². The molecule has 0 aromatic carbocycles. The fourth-order valence-electron chi connectivity index (χ4n) is 2.03. The molecule has 0 atom stereocenters. The van der Waals surface area contributed by atoms with Crippen molar-refractivity contribution in [3.05, 3.63) is 0 Å². The van der Waals surface area contributed by atoms with Crippen molar-refractivity contribution in [2.75, 3.05) is 26.3 Å². The number of hydrogen-bond acceptors (Lipinski definition) is 6. The molecule has 0 aromatic heterocycles. The molecule has 0 bridgehead atoms. The first kappa shape index (κ1) is 24.3. The number of aliphatic imine (C=N–C) groups is 2. The zero-order valence-electron chi connectivity index (χ0n) is 17.3. The molecule has 0 heterocycles. The molecule has 0 saturated carbocycles. The Hall–Kier alpha value is -1.72. The Morgan fingerprint density at radius 3 is 1.38 bits per heavy atom. The van der Waals surface area contributed by atoms with E-state index in [1.54, 1.807) is 0 Å². The number of carbonyl (C=O) groups is 2. The minimum atomic E-state index is -0.260. The van der Waals surface area contributed by atoms with Gasteiger partial charge in [0.1, 0.15) is 13.2 Å². The van der Waals surface area contributed by atoms with E-state index < -0.39 is 0 Å². The van der Waals surface area contributed by atoms with E-state index in [9.17, 15) is 9.59 Å². The summed E-state index contributed by atoms with van der Waals surface area (Å²) in [6.45, 7) is 13.1. The number of rotatable bonds is 13. The molecule has 0 fully saturated rings. The summed E-state index contributed by atoms with van der Waals surface area (Å²) in [6.07, 6.45) is 8.09. The lowest BCUT2D eigenvalue weighted by Gasteiger charge is -2.18. The maximum absolute atomic E-state index is 10.8. The minimum absolute atomic E-state index is 0.223. The SMILES string of the molecule is CC(=O)OCC(C)(C)C=NCCCCCCN=CC(C)(C)COC(C)=O. The minimum Gasteiger partial charge on any atom is -0.465 e. The van der Waals surface area contributed by atoms with E-state index in [1.165, 1.54) is 13.8 Å². The van der Waals surface area contributed by atoms with E-state index in [2.05, 4.69) is 9.98 Å². The third kappa shape index (κ3) is 15.8. The van der Waals surface area contributed by atoms with Crippen LogP contribution in [-0.4, -0.2) is 50.7 Å². The summed E-state index contributed by atoms with van der Waals surface area (Å²) in [6, 6.07) is 0. The quantitative estimate of drug-likeness (QED) is 0.281. The van der Waals surface area contributed by atoms with Crippen LogP contribution in [0.2, 0.25) is 0 Å². The molecule has 0 spiro atoms. The van der Waals surface area contributed by atoms with Gasteiger partial charge in [-0.15, -0.1) is 0 Å². The highest BCUT2D eigenvalue weighted by Crippen LogP contribution is 2.13. The van der Waals surface area contributed by atoms with Crippen molar-refractivity contribution in [2.24, 2.45) is 20.8 Å². The van der Waals surface area contributed by atoms with Gasteiger partial charge in [-0.3, -0.25) is 19.6 Å². The van der Waals surface area contributed by atoms with Crippen LogP contribution in [0.25, 0.3) is 0 Å². The van der Waals surface area contributed by atoms with E-state index >= 15 is 0 Å². The van der Waals surface area contributed by atoms with Crippen molar-refractivity contribution in [1.82, 2.24) is 0 Å². The second kappa shape index (κ2) is 12.6. The Bertz CT molecular complexity index is 438. The fourth-order valence-corrected chi connectivity index (χ4v) is 2.03. The molecule has 0 amide bonds. The zero-order chi connectivity index (χ0) is 20.1. The second-order valence-electron chi connectivity index (χ2n) is 8.02. The number of esters is 2. The molecule has 0 rings (SSSR count). The summed E-state index contributed by atoms with van der Waals surface area (Å²) in [7, 11) is 0. The fraction of sp³-hybridized carbons (Fsp3) is 0.800. The molecule has 0 aromatic rings. The van der Waals surface area contributed by atoms with Crippen LogP contribution in [0.5, 0.6) is 0 Å². The van der Waals surface area contributed by atoms with Gasteiger partial charge >= 0.3 is 11.9 Å². The summed E-state index contributed by atoms with van der Waals surface area (Å²) >= 11 is 0. The second-order valence-corrected chi connectivity index (χ2v) is 8.02. The van der Waals surface area contributed by atoms with E-state index in [0.29, 0.717) is 13.2 Å². The third-order valence-electron chi connectivity index (χ3n) is 3.50. The molecular weight excluding hydrogens is 332 g/mol. The van der Waals surface area contributed by atoms with Crippen LogP contribution in [0.3, 0.4) is 0 Å². The third-order valence-corrected chi connectivity index (χ3v) is 3.50. The van der Waals surface area contributed by atoms with E-state index in [4.69, 9.17) is 9.47 Å². The van der Waals surface area contributed by atoms with Crippen LogP contribution in [0.15, 0.2) is 9.98 Å². The van der Waals surface area contributed by atoms with E-state index in [1.807, 2.05) is 40.1 Å². The van der Waals surface area contributed by atoms with Crippen molar-refractivity contribution < 1.29 is 19.1 Å². The normalized spacial score (nSPS) is 12.7. The van der Waals surface area contributed by atoms with Gasteiger partial charge in [-0.1, -0.05) is 40.5 Å². The Labute approximate surface area is 158 Å². The maximum Gasteiger partial charge on any atom is 0.302 e. The predicted octanol–water partition coefficient (Wildman–Crippen LogP) is 3.87. The highest BCUT2D eigenvalue weighted by atomic mass is 16.5. The van der Waals surface area contributed by atoms with Crippen LogP contribution in [-0.2, 0) is 19.1 Å². The van der Waals surface area contributed by atoms with Crippen LogP contribution in [0.1, 0.15) is 67.2 Å². The molecule has 0 unspecified atom stereocenters. The lowest BCUT2D eigenvalue weighted by molar-refractivity contribution is -0.143. The molecule has 0 N–H and O–H groups in total. The topological polar surface area (TPSA) is 77.3 Å². The number of unbranched alkanes of at least 4 members (excludes halogenated alkanes) is 3. The molecule has 0 aliphatic carbocycles. The van der Waals surface area contributed by atoms with Crippen LogP contribution < -0.4 is 0 Å². The average Bonchev–Trinajstić information content (AvgIpc) is 2.53. The lowest BCUT2D eigenvalue weighted by Crippen LogP contribution is -2.22. The van der Waals surface area contributed by atoms with Gasteiger partial charge in [-0.2, -0.15) is 0 Å². The largest absolute Gasteiger partial charge is 0.465 e. The Morgan fingerprint density at radius 1 is 0.731 bits per heavy atom. The summed E-state index contributed by atoms with van der Waals surface area (Å²) in [5.41, 5.74) is -0.446. The number of hydrogen-bond donors (Lipinski definition) is 0. The first-order valence-corrected chi connectivity index (χ1v) is 9.33. The molecule has 26 heavy (non-hydrogen) atoms. The molecule has 0 saturated heterocycles. The van der Waals surface area contributed by atoms with Crippen molar-refractivity contribution in [3.63, 3.8) is 0 Å². The number of ether oxygens (including phenoxy) is 2. The maximum atomic E-state index is 10.8. The molecular formula is C20H36N2O4. The summed E-state index contributed by atoms with van der Waals surface area (Å²) in [4.78, 5) is 30.5. The van der Waals surface area contributed by atoms with Gasteiger partial charge in [-0.05, 0) is 12.8 Å². The van der Waals surface area contributed by atoms with Gasteiger partial charge < -0.3 is 9.47 Å². The van der Waals surface area contributed by atoms with Crippen LogP contribution >= 0.6 is 0 Å². The number of carbonyl (C=O) groups excluding carboxylic acids is 2. The van der Waals surface area contributed by atoms with Gasteiger partial charge in [0.25, 0.3) is 0 Å². The predicted molar refractivity (Wildman–Crippen MR) is 106 cm³/mol. The van der Waals surface area contributed by atoms with Gasteiger partial charge in [0.15, 0.2) is 0 Å². The lowest BCUT2D eigenvalue weighted by atomic mass is 9.97. The first-order valence-electron chi connectivity index (χ1n) is 9.33. The highest BCUT2D eigenvalue weighted by Gasteiger charge is 2.17. The van der Waals surface area contributed by atoms with Crippen LogP contribution in [0, 0.1) is 10.8 Å². The Balaban J connectivity index is 3.75.